The second-order valence-electron chi connectivity index (χ2n) is 6.53. The molecule has 8 nitrogen and oxygen atoms in total. The summed E-state index contributed by atoms with van der Waals surface area (Å²) in [6.45, 7) is 1.60. The van der Waals surface area contributed by atoms with Crippen LogP contribution in [0.2, 0.25) is 0 Å². The van der Waals surface area contributed by atoms with Crippen molar-refractivity contribution >= 4 is 27.7 Å². The number of nitrogens with zero attached hydrogens (tertiary/aromatic N) is 1. The molecular weight excluding hydrogens is 372 g/mol. The number of benzene rings is 1. The van der Waals surface area contributed by atoms with Gasteiger partial charge >= 0.3 is 5.97 Å². The second-order valence-corrected chi connectivity index (χ2v) is 8.29. The molecule has 1 saturated heterocycles. The summed E-state index contributed by atoms with van der Waals surface area (Å²) in [7, 11) is -2.63. The van der Waals surface area contributed by atoms with E-state index in [0.717, 1.165) is 0 Å². The number of hydrogen-bond acceptors (Lipinski definition) is 6. The zero-order valence-corrected chi connectivity index (χ0v) is 16.2. The van der Waals surface area contributed by atoms with E-state index in [-0.39, 0.29) is 18.0 Å². The minimum atomic E-state index is -3.86. The van der Waals surface area contributed by atoms with Gasteiger partial charge in [-0.25, -0.2) is 17.9 Å². The summed E-state index contributed by atoms with van der Waals surface area (Å²) in [6, 6.07) is 6.52. The van der Waals surface area contributed by atoms with E-state index in [0.29, 0.717) is 24.9 Å². The summed E-state index contributed by atoms with van der Waals surface area (Å²) < 4.78 is 32.0. The van der Waals surface area contributed by atoms with Gasteiger partial charge in [-0.3, -0.25) is 9.59 Å². The number of carbonyl (C=O) groups is 3. The van der Waals surface area contributed by atoms with Crippen molar-refractivity contribution in [2.75, 3.05) is 13.7 Å². The van der Waals surface area contributed by atoms with Crippen LogP contribution in [-0.2, 0) is 34.9 Å². The Hall–Kier alpha value is -2.26. The van der Waals surface area contributed by atoms with Gasteiger partial charge < -0.3 is 9.64 Å². The number of sulfonamides is 1. The van der Waals surface area contributed by atoms with Crippen molar-refractivity contribution in [1.82, 2.24) is 9.62 Å². The third-order valence-corrected chi connectivity index (χ3v) is 5.68. The Morgan fingerprint density at radius 3 is 2.52 bits per heavy atom. The largest absolute Gasteiger partial charge is 0.467 e. The molecule has 1 aliphatic rings. The molecule has 0 aromatic heterocycles. The summed E-state index contributed by atoms with van der Waals surface area (Å²) in [4.78, 5) is 37.6. The molecule has 1 N–H and O–H groups in total. The molecule has 0 radical (unpaired) electrons. The van der Waals surface area contributed by atoms with E-state index in [4.69, 9.17) is 4.74 Å². The van der Waals surface area contributed by atoms with Crippen LogP contribution in [0.4, 0.5) is 0 Å². The van der Waals surface area contributed by atoms with Crippen molar-refractivity contribution in [3.63, 3.8) is 0 Å². The Morgan fingerprint density at radius 2 is 1.93 bits per heavy atom. The molecule has 1 aliphatic heterocycles. The highest BCUT2D eigenvalue weighted by Crippen LogP contribution is 2.20. The fourth-order valence-corrected chi connectivity index (χ4v) is 4.46. The van der Waals surface area contributed by atoms with Gasteiger partial charge in [0.2, 0.25) is 15.9 Å². The molecule has 2 atom stereocenters. The molecule has 1 aromatic rings. The third-order valence-electron chi connectivity index (χ3n) is 4.32. The molecule has 9 heteroatoms. The topological polar surface area (TPSA) is 110 Å². The summed E-state index contributed by atoms with van der Waals surface area (Å²) in [5.74, 6) is -1.77. The number of likely N-dealkylation sites (tertiary alicyclic amines) is 1. The van der Waals surface area contributed by atoms with Crippen LogP contribution in [0, 0.1) is 0 Å². The van der Waals surface area contributed by atoms with E-state index in [1.165, 1.54) is 18.9 Å². The van der Waals surface area contributed by atoms with E-state index in [2.05, 4.69) is 4.72 Å². The lowest BCUT2D eigenvalue weighted by molar-refractivity contribution is -0.151. The fraction of sp³-hybridized carbons (Fsp3) is 0.500. The van der Waals surface area contributed by atoms with Crippen molar-refractivity contribution in [3.05, 3.63) is 35.9 Å². The van der Waals surface area contributed by atoms with Gasteiger partial charge in [0.15, 0.2) is 0 Å². The highest BCUT2D eigenvalue weighted by atomic mass is 32.2. The van der Waals surface area contributed by atoms with Crippen LogP contribution >= 0.6 is 0 Å². The monoisotopic (exact) mass is 396 g/mol. The number of Topliss-reactive ketones (excluding diaryl/α,β-unsaturated/α-hetero) is 1. The Bertz CT molecular complexity index is 793. The minimum absolute atomic E-state index is 0.281. The average Bonchev–Trinajstić information content (AvgIpc) is 3.09. The van der Waals surface area contributed by atoms with Crippen LogP contribution in [0.3, 0.4) is 0 Å². The first-order valence-electron chi connectivity index (χ1n) is 8.65. The Labute approximate surface area is 158 Å². The molecule has 0 spiro atoms. The summed E-state index contributed by atoms with van der Waals surface area (Å²) in [5.41, 5.74) is 0.563. The second kappa shape index (κ2) is 9.09. The van der Waals surface area contributed by atoms with Gasteiger partial charge in [0.05, 0.1) is 12.9 Å². The summed E-state index contributed by atoms with van der Waals surface area (Å²) in [6.07, 6.45) is 0.772. The lowest BCUT2D eigenvalue weighted by Crippen LogP contribution is -2.52. The molecule has 27 heavy (non-hydrogen) atoms. The molecular formula is C18H24N2O6S. The molecule has 0 unspecified atom stereocenters. The van der Waals surface area contributed by atoms with E-state index < -0.39 is 34.0 Å². The number of carbonyl (C=O) groups excluding carboxylic acids is 3. The number of rotatable bonds is 8. The van der Waals surface area contributed by atoms with E-state index >= 15 is 0 Å². The van der Waals surface area contributed by atoms with Crippen molar-refractivity contribution in [2.24, 2.45) is 0 Å². The predicted molar refractivity (Wildman–Crippen MR) is 98.0 cm³/mol. The van der Waals surface area contributed by atoms with Crippen molar-refractivity contribution in [3.8, 4) is 0 Å². The normalized spacial score (nSPS) is 18.1. The molecule has 1 aromatic carbocycles. The van der Waals surface area contributed by atoms with Crippen LogP contribution < -0.4 is 4.72 Å². The van der Waals surface area contributed by atoms with Crippen LogP contribution in [-0.4, -0.2) is 56.7 Å². The van der Waals surface area contributed by atoms with Crippen molar-refractivity contribution in [2.45, 2.75) is 44.0 Å². The average molecular weight is 396 g/mol. The fourth-order valence-electron chi connectivity index (χ4n) is 3.13. The first kappa shape index (κ1) is 21.0. The quantitative estimate of drug-likeness (QED) is 0.645. The Balaban J connectivity index is 2.17. The van der Waals surface area contributed by atoms with Gasteiger partial charge in [0.25, 0.3) is 0 Å². The maximum atomic E-state index is 12.9. The smallest absolute Gasteiger partial charge is 0.328 e. The first-order valence-corrected chi connectivity index (χ1v) is 10.3. The number of amides is 1. The van der Waals surface area contributed by atoms with Crippen LogP contribution in [0.15, 0.2) is 30.3 Å². The SMILES string of the molecule is COC(=O)[C@@H]1CCCN1C(=O)[C@@H](CC(C)=O)NS(=O)(=O)Cc1ccccc1. The van der Waals surface area contributed by atoms with Gasteiger partial charge in [0, 0.05) is 13.0 Å². The predicted octanol–water partition coefficient (Wildman–Crippen LogP) is 0.618. The molecule has 1 amide bonds. The number of nitrogens with one attached hydrogen (secondary N) is 1. The maximum absolute atomic E-state index is 12.9. The first-order chi connectivity index (χ1) is 12.7. The Morgan fingerprint density at radius 1 is 1.26 bits per heavy atom. The maximum Gasteiger partial charge on any atom is 0.328 e. The van der Waals surface area contributed by atoms with Gasteiger partial charge in [-0.15, -0.1) is 0 Å². The number of ether oxygens (including phenoxy) is 1. The molecule has 0 bridgehead atoms. The number of hydrogen-bond donors (Lipinski definition) is 1. The van der Waals surface area contributed by atoms with Gasteiger partial charge in [-0.05, 0) is 25.3 Å². The number of methoxy groups -OCH3 is 1. The number of esters is 1. The zero-order chi connectivity index (χ0) is 20.0. The minimum Gasteiger partial charge on any atom is -0.467 e. The standard InChI is InChI=1S/C18H24N2O6S/c1-13(21)11-15(17(22)20-10-6-9-16(20)18(23)26-2)19-27(24,25)12-14-7-4-3-5-8-14/h3-5,7-8,15-16,19H,6,9-12H2,1-2H3/t15-,16+/m1/s1. The van der Waals surface area contributed by atoms with Gasteiger partial charge in [-0.2, -0.15) is 0 Å². The molecule has 0 saturated carbocycles. The highest BCUT2D eigenvalue weighted by Gasteiger charge is 2.39. The lowest BCUT2D eigenvalue weighted by atomic mass is 10.1. The molecule has 1 heterocycles. The van der Waals surface area contributed by atoms with Gasteiger partial charge in [0.1, 0.15) is 17.9 Å². The van der Waals surface area contributed by atoms with E-state index in [9.17, 15) is 22.8 Å². The van der Waals surface area contributed by atoms with Crippen LogP contribution in [0.5, 0.6) is 0 Å². The molecule has 1 fully saturated rings. The zero-order valence-electron chi connectivity index (χ0n) is 15.4. The lowest BCUT2D eigenvalue weighted by Gasteiger charge is -2.27. The third kappa shape index (κ3) is 5.86. The van der Waals surface area contributed by atoms with E-state index in [1.54, 1.807) is 30.3 Å². The number of ketones is 1. The van der Waals surface area contributed by atoms with E-state index in [1.807, 2.05) is 0 Å². The Kier molecular flexibility index (Phi) is 7.09. The van der Waals surface area contributed by atoms with Gasteiger partial charge in [-0.1, -0.05) is 30.3 Å². The molecule has 2 rings (SSSR count). The highest BCUT2D eigenvalue weighted by molar-refractivity contribution is 7.88. The van der Waals surface area contributed by atoms with Crippen LogP contribution in [0.25, 0.3) is 0 Å². The molecule has 148 valence electrons. The van der Waals surface area contributed by atoms with Crippen molar-refractivity contribution in [1.29, 1.82) is 0 Å². The summed E-state index contributed by atoms with van der Waals surface area (Å²) >= 11 is 0. The summed E-state index contributed by atoms with van der Waals surface area (Å²) in [5, 5.41) is 0. The van der Waals surface area contributed by atoms with Crippen LogP contribution in [0.1, 0.15) is 31.7 Å². The van der Waals surface area contributed by atoms with Crippen molar-refractivity contribution < 1.29 is 27.5 Å². The molecule has 0 aliphatic carbocycles.